The molecular formula is C25H34FN5O. The van der Waals surface area contributed by atoms with Crippen molar-refractivity contribution in [3.63, 3.8) is 0 Å². The van der Waals surface area contributed by atoms with Crippen LogP contribution in [0.25, 0.3) is 22.3 Å². The van der Waals surface area contributed by atoms with Crippen molar-refractivity contribution in [1.82, 2.24) is 25.1 Å². The molecule has 0 radical (unpaired) electrons. The van der Waals surface area contributed by atoms with Gasteiger partial charge in [0, 0.05) is 30.2 Å². The van der Waals surface area contributed by atoms with Crippen LogP contribution >= 0.6 is 0 Å². The maximum Gasteiger partial charge on any atom is 0.270 e. The Hall–Kier alpha value is -3.48. The highest BCUT2D eigenvalue weighted by Crippen LogP contribution is 2.21. The molecule has 0 unspecified atom stereocenters. The number of H-pyrrole nitrogens is 2. The first-order valence-electron chi connectivity index (χ1n) is 11.0. The van der Waals surface area contributed by atoms with Gasteiger partial charge >= 0.3 is 0 Å². The fourth-order valence-electron chi connectivity index (χ4n) is 2.75. The molecule has 1 amide bonds. The summed E-state index contributed by atoms with van der Waals surface area (Å²) < 4.78 is 9.50. The number of aromatic amines is 2. The van der Waals surface area contributed by atoms with Crippen molar-refractivity contribution in [2.45, 2.75) is 34.1 Å². The number of hydrogen-bond acceptors (Lipinski definition) is 3. The van der Waals surface area contributed by atoms with E-state index < -0.39 is 0 Å². The summed E-state index contributed by atoms with van der Waals surface area (Å²) in [5, 5.41) is 7.63. The van der Waals surface area contributed by atoms with Crippen molar-refractivity contribution in [3.05, 3.63) is 72.7 Å². The molecule has 0 atom stereocenters. The molecule has 0 aliphatic carbocycles. The molecule has 1 saturated heterocycles. The van der Waals surface area contributed by atoms with Crippen LogP contribution in [0.4, 0.5) is 4.39 Å². The Morgan fingerprint density at radius 1 is 0.969 bits per heavy atom. The number of halogens is 1. The van der Waals surface area contributed by atoms with Crippen molar-refractivity contribution >= 4 is 16.9 Å². The van der Waals surface area contributed by atoms with E-state index in [2.05, 4.69) is 20.2 Å². The summed E-state index contributed by atoms with van der Waals surface area (Å²) in [6.45, 7) is 9.70. The number of pyridine rings is 1. The lowest BCUT2D eigenvalue weighted by Crippen LogP contribution is -2.42. The van der Waals surface area contributed by atoms with Crippen molar-refractivity contribution < 1.29 is 9.18 Å². The second-order valence-corrected chi connectivity index (χ2v) is 6.10. The summed E-state index contributed by atoms with van der Waals surface area (Å²) in [5.41, 5.74) is 3.09. The lowest BCUT2D eigenvalue weighted by molar-refractivity contribution is 0.0646. The van der Waals surface area contributed by atoms with Crippen LogP contribution in [0.15, 0.2) is 67.0 Å². The van der Waals surface area contributed by atoms with Gasteiger partial charge in [-0.1, -0.05) is 64.1 Å². The Kier molecular flexibility index (Phi) is 12.7. The predicted octanol–water partition coefficient (Wildman–Crippen LogP) is 6.12. The monoisotopic (exact) mass is 439 g/mol. The van der Waals surface area contributed by atoms with E-state index in [-0.39, 0.29) is 5.91 Å². The van der Waals surface area contributed by atoms with E-state index in [1.54, 1.807) is 12.4 Å². The molecule has 2 N–H and O–H groups in total. The fourth-order valence-corrected chi connectivity index (χ4v) is 2.75. The molecule has 6 nitrogen and oxygen atoms in total. The van der Waals surface area contributed by atoms with Gasteiger partial charge in [0.25, 0.3) is 5.91 Å². The van der Waals surface area contributed by atoms with Gasteiger partial charge in [0.15, 0.2) is 0 Å². The summed E-state index contributed by atoms with van der Waals surface area (Å²) in [6.07, 6.45) is 4.61. The zero-order valence-electron chi connectivity index (χ0n) is 19.6. The van der Waals surface area contributed by atoms with Gasteiger partial charge in [-0.05, 0) is 24.6 Å². The standard InChI is InChI=1S/C14H13N5O.C6H6.2C2H6.CH3F/c20-14(19-4-1-5-19)12-6-9-2-3-11(17-13(9)18-12)10-7-15-16-8-10;1-2-4-6-5-3-1;3*1-2/h2-3,6-8H,1,4-5H2,(H,15,16)(H,17,18);1-6H;2*1-2H3;1H3. The van der Waals surface area contributed by atoms with Gasteiger partial charge in [0.2, 0.25) is 0 Å². The minimum atomic E-state index is 0.0547. The molecule has 1 fully saturated rings. The highest BCUT2D eigenvalue weighted by atomic mass is 19.1. The summed E-state index contributed by atoms with van der Waals surface area (Å²) >= 11 is 0. The van der Waals surface area contributed by atoms with E-state index in [1.807, 2.05) is 87.2 Å². The summed E-state index contributed by atoms with van der Waals surface area (Å²) in [4.78, 5) is 21.6. The lowest BCUT2D eigenvalue weighted by Gasteiger charge is -2.30. The molecule has 32 heavy (non-hydrogen) atoms. The third-order valence-electron chi connectivity index (χ3n) is 4.31. The molecule has 4 heterocycles. The van der Waals surface area contributed by atoms with E-state index in [1.165, 1.54) is 0 Å². The van der Waals surface area contributed by atoms with Gasteiger partial charge in [0.1, 0.15) is 11.3 Å². The van der Waals surface area contributed by atoms with Gasteiger partial charge in [-0.15, -0.1) is 0 Å². The molecule has 0 bridgehead atoms. The molecule has 1 aromatic carbocycles. The van der Waals surface area contributed by atoms with E-state index in [0.717, 1.165) is 41.8 Å². The Morgan fingerprint density at radius 2 is 1.56 bits per heavy atom. The number of alkyl halides is 1. The summed E-state index contributed by atoms with van der Waals surface area (Å²) in [7, 11) is 0.500. The first kappa shape index (κ1) is 26.6. The van der Waals surface area contributed by atoms with Gasteiger partial charge in [-0.2, -0.15) is 5.10 Å². The quantitative estimate of drug-likeness (QED) is 0.395. The summed E-state index contributed by atoms with van der Waals surface area (Å²) in [5.74, 6) is 0.0547. The Labute approximate surface area is 189 Å². The van der Waals surface area contributed by atoms with E-state index in [9.17, 15) is 9.18 Å². The fraction of sp³-hybridized carbons (Fsp3) is 0.320. The van der Waals surface area contributed by atoms with Gasteiger partial charge in [-0.3, -0.25) is 14.3 Å². The maximum atomic E-state index is 12.2. The Bertz CT molecular complexity index is 969. The third-order valence-corrected chi connectivity index (χ3v) is 4.31. The average molecular weight is 440 g/mol. The van der Waals surface area contributed by atoms with Crippen LogP contribution in [0.1, 0.15) is 44.6 Å². The molecule has 4 aromatic rings. The van der Waals surface area contributed by atoms with Crippen molar-refractivity contribution in [2.24, 2.45) is 0 Å². The van der Waals surface area contributed by atoms with E-state index in [4.69, 9.17) is 0 Å². The zero-order chi connectivity index (χ0) is 23.8. The zero-order valence-corrected chi connectivity index (χ0v) is 19.6. The van der Waals surface area contributed by atoms with E-state index >= 15 is 0 Å². The number of hydrogen-bond donors (Lipinski definition) is 2. The van der Waals surface area contributed by atoms with Crippen LogP contribution in [0.3, 0.4) is 0 Å². The van der Waals surface area contributed by atoms with Crippen LogP contribution in [-0.2, 0) is 0 Å². The number of likely N-dealkylation sites (tertiary alicyclic amines) is 1. The van der Waals surface area contributed by atoms with Crippen LogP contribution in [0.5, 0.6) is 0 Å². The number of fused-ring (bicyclic) bond motifs is 1. The third kappa shape index (κ3) is 7.34. The Balaban J connectivity index is 0.000000360. The first-order chi connectivity index (χ1) is 15.8. The van der Waals surface area contributed by atoms with Crippen molar-refractivity contribution in [3.8, 4) is 11.3 Å². The number of carbonyl (C=O) groups excluding carboxylic acids is 1. The minimum absolute atomic E-state index is 0.0547. The number of aromatic nitrogens is 4. The van der Waals surface area contributed by atoms with Gasteiger partial charge in [0.05, 0.1) is 19.1 Å². The summed E-state index contributed by atoms with van der Waals surface area (Å²) in [6, 6.07) is 17.8. The molecule has 0 saturated carbocycles. The number of benzene rings is 1. The lowest BCUT2D eigenvalue weighted by atomic mass is 10.2. The van der Waals surface area contributed by atoms with Crippen LogP contribution in [-0.4, -0.2) is 51.2 Å². The maximum absolute atomic E-state index is 12.2. The number of rotatable bonds is 2. The predicted molar refractivity (Wildman–Crippen MR) is 130 cm³/mol. The number of nitrogens with one attached hydrogen (secondary N) is 2. The molecule has 5 rings (SSSR count). The number of nitrogens with zero attached hydrogens (tertiary/aromatic N) is 3. The largest absolute Gasteiger partial charge is 0.337 e. The second kappa shape index (κ2) is 15.3. The van der Waals surface area contributed by atoms with Crippen LogP contribution < -0.4 is 0 Å². The highest BCUT2D eigenvalue weighted by molar-refractivity contribution is 5.97. The highest BCUT2D eigenvalue weighted by Gasteiger charge is 2.23. The molecule has 3 aromatic heterocycles. The molecule has 1 aliphatic heterocycles. The molecule has 1 aliphatic rings. The van der Waals surface area contributed by atoms with Gasteiger partial charge in [-0.25, -0.2) is 4.98 Å². The molecule has 172 valence electrons. The molecule has 0 spiro atoms. The van der Waals surface area contributed by atoms with Crippen LogP contribution in [0, 0.1) is 0 Å². The molecular weight excluding hydrogens is 405 g/mol. The van der Waals surface area contributed by atoms with Crippen LogP contribution in [0.2, 0.25) is 0 Å². The first-order valence-corrected chi connectivity index (χ1v) is 11.0. The van der Waals surface area contributed by atoms with Crippen molar-refractivity contribution in [1.29, 1.82) is 0 Å². The Morgan fingerprint density at radius 3 is 2.03 bits per heavy atom. The number of carbonyl (C=O) groups is 1. The normalized spacial score (nSPS) is 11.1. The topological polar surface area (TPSA) is 77.7 Å². The van der Waals surface area contributed by atoms with Crippen molar-refractivity contribution in [2.75, 3.05) is 20.3 Å². The number of amides is 1. The van der Waals surface area contributed by atoms with Gasteiger partial charge < -0.3 is 9.88 Å². The van der Waals surface area contributed by atoms with E-state index in [0.29, 0.717) is 12.9 Å². The smallest absolute Gasteiger partial charge is 0.270 e. The second-order valence-electron chi connectivity index (χ2n) is 6.10. The minimum Gasteiger partial charge on any atom is -0.337 e. The molecule has 7 heteroatoms. The SMILES string of the molecule is CC.CC.CF.O=C(c1cc2ccc(-c3cn[nH]c3)nc2[nH]1)N1CCC1.c1ccccc1. The average Bonchev–Trinajstić information content (AvgIpc) is 3.53.